The Balaban J connectivity index is 0.674. The van der Waals surface area contributed by atoms with Crippen molar-refractivity contribution >= 4 is 40.0 Å². The third-order valence-corrected chi connectivity index (χ3v) is 11.6. The molecule has 0 unspecified atom stereocenters. The molecule has 0 aliphatic heterocycles. The summed E-state index contributed by atoms with van der Waals surface area (Å²) in [5.41, 5.74) is 0.434. The maximum atomic E-state index is 15.2. The van der Waals surface area contributed by atoms with Crippen molar-refractivity contribution in [1.82, 2.24) is 50.4 Å². The second-order valence-corrected chi connectivity index (χ2v) is 16.6. The maximum Gasteiger partial charge on any atom is 0.309 e. The Morgan fingerprint density at radius 1 is 0.667 bits per heavy atom. The predicted octanol–water partition coefficient (Wildman–Crippen LogP) is 4.88. The second kappa shape index (κ2) is 27.6. The molecule has 3 N–H and O–H groups in total. The fraction of sp³-hybridized carbons (Fsp3) is 0.375. The van der Waals surface area contributed by atoms with E-state index in [4.69, 9.17) is 33.2 Å². The summed E-state index contributed by atoms with van der Waals surface area (Å²) in [5.74, 6) is -3.91. The van der Waals surface area contributed by atoms with E-state index in [1.807, 2.05) is 24.3 Å². The summed E-state index contributed by atoms with van der Waals surface area (Å²) in [6.45, 7) is 2.96. The smallest absolute Gasteiger partial charge is 0.309 e. The molecule has 7 aromatic rings. The van der Waals surface area contributed by atoms with Crippen molar-refractivity contribution in [3.63, 3.8) is 0 Å². The lowest BCUT2D eigenvalue weighted by atomic mass is 9.92. The summed E-state index contributed by atoms with van der Waals surface area (Å²) in [6, 6.07) is 16.6. The van der Waals surface area contributed by atoms with Crippen LogP contribution in [0.3, 0.4) is 0 Å². The van der Waals surface area contributed by atoms with E-state index < -0.39 is 40.8 Å². The zero-order chi connectivity index (χ0) is 50.4. The number of nitrogens with one attached hydrogen (secondary N) is 3. The molecule has 0 aliphatic carbocycles. The molecule has 24 heteroatoms. The molecule has 72 heavy (non-hydrogen) atoms. The van der Waals surface area contributed by atoms with Crippen LogP contribution in [0.5, 0.6) is 0 Å². The number of hydrogen-bond donors (Lipinski definition) is 3. The molecule has 20 nitrogen and oxygen atoms in total. The largest absolute Gasteiger partial charge is 0.450 e. The number of hydrogen-bond acceptors (Lipinski definition) is 16. The molecule has 0 saturated carbocycles. The van der Waals surface area contributed by atoms with Crippen LogP contribution in [0.1, 0.15) is 38.3 Å². The van der Waals surface area contributed by atoms with Crippen LogP contribution in [0.4, 0.5) is 13.2 Å². The first-order valence-corrected chi connectivity index (χ1v) is 23.7. The lowest BCUT2D eigenvalue weighted by Crippen LogP contribution is -2.42. The molecule has 2 amide bonds. The lowest BCUT2D eigenvalue weighted by Gasteiger charge is -2.34. The van der Waals surface area contributed by atoms with Crippen LogP contribution in [0.2, 0.25) is 0 Å². The Bertz CT molecular complexity index is 2740. The minimum Gasteiger partial charge on any atom is -0.450 e. The van der Waals surface area contributed by atoms with E-state index in [1.165, 1.54) is 70.3 Å². The molecule has 0 bridgehead atoms. The minimum atomic E-state index is -1.69. The Morgan fingerprint density at radius 3 is 1.92 bits per heavy atom. The molecule has 7 rings (SSSR count). The van der Waals surface area contributed by atoms with Crippen molar-refractivity contribution in [2.45, 2.75) is 31.7 Å². The first kappa shape index (κ1) is 52.9. The molecule has 0 atom stereocenters. The van der Waals surface area contributed by atoms with Gasteiger partial charge in [-0.25, -0.2) is 32.5 Å². The standard InChI is InChI=1S/C48H53F3N10O10S/c49-35-8-9-39(41(51)25-35)48(28-60-32-52-30-56-60,29-61-33-53-31-57-61)71-44(62)10-12-65-14-16-67-18-20-69-22-23-70-21-19-68-17-15-66-13-11-54-47(64)36-5-3-6-40(50)38(36)26-55-46(63)34-24-43(72-27-34)45-37-4-1-2-7-42(37)58-59-45/h1-9,24-25,27,30-33H,10-23,26,28-29H2,(H,54,64)(H,55,63)(H,58,59). The number of thiophene rings is 1. The number of ether oxygens (including phenoxy) is 7. The van der Waals surface area contributed by atoms with Crippen LogP contribution in [0.25, 0.3) is 21.5 Å². The van der Waals surface area contributed by atoms with Crippen molar-refractivity contribution in [3.05, 3.63) is 137 Å². The highest BCUT2D eigenvalue weighted by molar-refractivity contribution is 7.14. The number of amides is 2. The van der Waals surface area contributed by atoms with Gasteiger partial charge in [-0.3, -0.25) is 19.5 Å². The van der Waals surface area contributed by atoms with E-state index in [0.717, 1.165) is 27.5 Å². The Labute approximate surface area is 415 Å². The highest BCUT2D eigenvalue weighted by atomic mass is 32.1. The lowest BCUT2D eigenvalue weighted by molar-refractivity contribution is -0.167. The minimum absolute atomic E-state index is 0.00153. The first-order valence-electron chi connectivity index (χ1n) is 22.8. The van der Waals surface area contributed by atoms with Gasteiger partial charge in [0.15, 0.2) is 5.60 Å². The zero-order valence-electron chi connectivity index (χ0n) is 39.0. The molecular formula is C48H53F3N10O10S. The summed E-state index contributed by atoms with van der Waals surface area (Å²) in [4.78, 5) is 47.8. The molecule has 4 aromatic heterocycles. The number of nitrogens with zero attached hydrogens (tertiary/aromatic N) is 7. The highest BCUT2D eigenvalue weighted by Gasteiger charge is 2.41. The number of halogens is 3. The molecule has 382 valence electrons. The van der Waals surface area contributed by atoms with Gasteiger partial charge in [0.25, 0.3) is 11.8 Å². The van der Waals surface area contributed by atoms with Crippen molar-refractivity contribution in [2.75, 3.05) is 85.8 Å². The zero-order valence-corrected chi connectivity index (χ0v) is 39.8. The predicted molar refractivity (Wildman–Crippen MR) is 253 cm³/mol. The van der Waals surface area contributed by atoms with Crippen LogP contribution in [0, 0.1) is 17.5 Å². The number of para-hydroxylation sites is 1. The molecule has 0 fully saturated rings. The van der Waals surface area contributed by atoms with E-state index in [0.29, 0.717) is 57.9 Å². The van der Waals surface area contributed by atoms with Crippen LogP contribution >= 0.6 is 11.3 Å². The maximum absolute atomic E-state index is 15.2. The number of aromatic amines is 1. The summed E-state index contributed by atoms with van der Waals surface area (Å²) in [5, 5.41) is 23.6. The topological polar surface area (TPSA) is 230 Å². The Hall–Kier alpha value is -6.93. The van der Waals surface area contributed by atoms with Crippen LogP contribution in [-0.4, -0.2) is 143 Å². The van der Waals surface area contributed by atoms with Gasteiger partial charge < -0.3 is 43.8 Å². The number of carbonyl (C=O) groups is 3. The van der Waals surface area contributed by atoms with Gasteiger partial charge in [-0.1, -0.05) is 24.3 Å². The van der Waals surface area contributed by atoms with Gasteiger partial charge in [-0.15, -0.1) is 11.3 Å². The molecule has 0 spiro atoms. The van der Waals surface area contributed by atoms with Crippen molar-refractivity contribution in [3.8, 4) is 10.6 Å². The third-order valence-electron chi connectivity index (χ3n) is 10.7. The molecule has 3 aromatic carbocycles. The van der Waals surface area contributed by atoms with Crippen molar-refractivity contribution in [2.24, 2.45) is 0 Å². The van der Waals surface area contributed by atoms with Gasteiger partial charge in [0.1, 0.15) is 48.5 Å². The van der Waals surface area contributed by atoms with E-state index >= 15 is 4.39 Å². The van der Waals surface area contributed by atoms with Crippen LogP contribution < -0.4 is 10.6 Å². The number of H-pyrrole nitrogens is 1. The molecular weight excluding hydrogens is 966 g/mol. The quantitative estimate of drug-likeness (QED) is 0.0377. The number of rotatable bonds is 32. The van der Waals surface area contributed by atoms with Crippen LogP contribution in [0.15, 0.2) is 97.4 Å². The summed E-state index contributed by atoms with van der Waals surface area (Å²) >= 11 is 1.37. The van der Waals surface area contributed by atoms with Gasteiger partial charge in [0.2, 0.25) is 0 Å². The first-order chi connectivity index (χ1) is 35.2. The number of aromatic nitrogens is 8. The molecule has 0 radical (unpaired) electrons. The average Bonchev–Trinajstić information content (AvgIpc) is 4.23. The van der Waals surface area contributed by atoms with E-state index in [2.05, 4.69) is 41.0 Å². The summed E-state index contributed by atoms with van der Waals surface area (Å²) < 4.78 is 85.9. The van der Waals surface area contributed by atoms with Crippen molar-refractivity contribution in [1.29, 1.82) is 0 Å². The van der Waals surface area contributed by atoms with Crippen molar-refractivity contribution < 1.29 is 60.7 Å². The van der Waals surface area contributed by atoms with Gasteiger partial charge in [-0.2, -0.15) is 15.3 Å². The number of fused-ring (bicyclic) bond motifs is 1. The van der Waals surface area contributed by atoms with Crippen LogP contribution in [-0.2, 0) is 63.2 Å². The monoisotopic (exact) mass is 1020 g/mol. The number of benzene rings is 3. The molecule has 4 heterocycles. The van der Waals surface area contributed by atoms with Gasteiger partial charge in [0, 0.05) is 46.6 Å². The van der Waals surface area contributed by atoms with Gasteiger partial charge in [-0.05, 0) is 36.4 Å². The number of carbonyl (C=O) groups excluding carboxylic acids is 3. The second-order valence-electron chi connectivity index (χ2n) is 15.7. The molecule has 0 saturated heterocycles. The Morgan fingerprint density at radius 2 is 1.29 bits per heavy atom. The Kier molecular flexibility index (Phi) is 20.3. The normalized spacial score (nSPS) is 11.6. The van der Waals surface area contributed by atoms with E-state index in [1.54, 1.807) is 11.4 Å². The van der Waals surface area contributed by atoms with E-state index in [-0.39, 0.29) is 82.3 Å². The highest BCUT2D eigenvalue weighted by Crippen LogP contribution is 2.34. The van der Waals surface area contributed by atoms with E-state index in [9.17, 15) is 23.2 Å². The fourth-order valence-corrected chi connectivity index (χ4v) is 8.15. The summed E-state index contributed by atoms with van der Waals surface area (Å²) in [6.07, 6.45) is 5.17. The average molecular weight is 1020 g/mol. The van der Waals surface area contributed by atoms with Gasteiger partial charge in [0.05, 0.1) is 115 Å². The number of esters is 1. The van der Waals surface area contributed by atoms with Gasteiger partial charge >= 0.3 is 5.97 Å². The molecule has 0 aliphatic rings. The third kappa shape index (κ3) is 15.5. The fourth-order valence-electron chi connectivity index (χ4n) is 7.26. The summed E-state index contributed by atoms with van der Waals surface area (Å²) in [7, 11) is 0. The SMILES string of the molecule is O=C(CCOCCOCCOCCOCCOCCOCCNC(=O)c1cccc(F)c1CNC(=O)c1csc(-c2n[nH]c3ccccc23)c1)OC(Cn1cncn1)(Cn1cncn1)c1ccc(F)cc1F.